The zero-order chi connectivity index (χ0) is 12.3. The maximum Gasteiger partial charge on any atom is 0.225 e. The fourth-order valence-electron chi connectivity index (χ4n) is 1.46. The van der Waals surface area contributed by atoms with E-state index in [4.69, 9.17) is 0 Å². The van der Waals surface area contributed by atoms with Crippen molar-refractivity contribution in [3.63, 3.8) is 0 Å². The van der Waals surface area contributed by atoms with Crippen molar-refractivity contribution in [1.82, 2.24) is 19.9 Å². The van der Waals surface area contributed by atoms with E-state index in [0.29, 0.717) is 5.95 Å². The molecule has 2 heterocycles. The van der Waals surface area contributed by atoms with Gasteiger partial charge in [0, 0.05) is 25.6 Å². The minimum atomic E-state index is 0.0884. The maximum atomic E-state index is 4.37. The summed E-state index contributed by atoms with van der Waals surface area (Å²) in [5.74, 6) is 0.683. The number of anilines is 1. The van der Waals surface area contributed by atoms with Gasteiger partial charge in [0.15, 0.2) is 0 Å². The standard InChI is InChI=1S/C12H15N5/c1-9-7-16-11(8-15-9)10(2)17(3)12-13-5-4-6-14-12/h4-8,10H,1-3H3. The lowest BCUT2D eigenvalue weighted by molar-refractivity contribution is 0.687. The first-order valence-corrected chi connectivity index (χ1v) is 5.47. The van der Waals surface area contributed by atoms with E-state index in [0.717, 1.165) is 11.4 Å². The van der Waals surface area contributed by atoms with Gasteiger partial charge in [-0.2, -0.15) is 0 Å². The summed E-state index contributed by atoms with van der Waals surface area (Å²) in [5.41, 5.74) is 1.82. The molecule has 88 valence electrons. The number of aryl methyl sites for hydroxylation is 1. The molecule has 0 saturated heterocycles. The summed E-state index contributed by atoms with van der Waals surface area (Å²) >= 11 is 0. The average molecular weight is 229 g/mol. The Labute approximate surface area is 101 Å². The van der Waals surface area contributed by atoms with Gasteiger partial charge in [0.2, 0.25) is 5.95 Å². The molecule has 0 amide bonds. The Morgan fingerprint density at radius 1 is 1.06 bits per heavy atom. The summed E-state index contributed by atoms with van der Waals surface area (Å²) in [7, 11) is 1.95. The highest BCUT2D eigenvalue weighted by atomic mass is 15.2. The first-order chi connectivity index (χ1) is 8.18. The fraction of sp³-hybridized carbons (Fsp3) is 0.333. The molecule has 0 spiro atoms. The highest BCUT2D eigenvalue weighted by Crippen LogP contribution is 2.19. The van der Waals surface area contributed by atoms with Crippen molar-refractivity contribution in [2.75, 3.05) is 11.9 Å². The second-order valence-corrected chi connectivity index (χ2v) is 3.92. The first-order valence-electron chi connectivity index (χ1n) is 5.47. The molecule has 5 heteroatoms. The van der Waals surface area contributed by atoms with Crippen molar-refractivity contribution in [2.45, 2.75) is 19.9 Å². The molecule has 0 radical (unpaired) electrons. The van der Waals surface area contributed by atoms with Gasteiger partial charge in [-0.1, -0.05) is 0 Å². The number of hydrogen-bond donors (Lipinski definition) is 0. The minimum absolute atomic E-state index is 0.0884. The van der Waals surface area contributed by atoms with Crippen LogP contribution in [0.5, 0.6) is 0 Å². The van der Waals surface area contributed by atoms with Crippen LogP contribution >= 0.6 is 0 Å². The summed E-state index contributed by atoms with van der Waals surface area (Å²) < 4.78 is 0. The summed E-state index contributed by atoms with van der Waals surface area (Å²) in [6.07, 6.45) is 7.02. The summed E-state index contributed by atoms with van der Waals surface area (Å²) in [5, 5.41) is 0. The van der Waals surface area contributed by atoms with Crippen LogP contribution in [0.4, 0.5) is 5.95 Å². The van der Waals surface area contributed by atoms with Gasteiger partial charge in [-0.3, -0.25) is 9.97 Å². The molecule has 0 bridgehead atoms. The molecule has 0 saturated carbocycles. The predicted molar refractivity (Wildman–Crippen MR) is 65.6 cm³/mol. The van der Waals surface area contributed by atoms with E-state index in [1.165, 1.54) is 0 Å². The van der Waals surface area contributed by atoms with Gasteiger partial charge in [0.25, 0.3) is 0 Å². The van der Waals surface area contributed by atoms with E-state index in [9.17, 15) is 0 Å². The highest BCUT2D eigenvalue weighted by Gasteiger charge is 2.15. The monoisotopic (exact) mass is 229 g/mol. The van der Waals surface area contributed by atoms with Crippen molar-refractivity contribution >= 4 is 5.95 Å². The predicted octanol–water partition coefficient (Wildman–Crippen LogP) is 1.77. The first kappa shape index (κ1) is 11.4. The highest BCUT2D eigenvalue weighted by molar-refractivity contribution is 5.31. The third-order valence-electron chi connectivity index (χ3n) is 2.68. The SMILES string of the molecule is Cc1cnc(C(C)N(C)c2ncccn2)cn1. The van der Waals surface area contributed by atoms with Crippen molar-refractivity contribution in [3.8, 4) is 0 Å². The van der Waals surface area contributed by atoms with E-state index >= 15 is 0 Å². The summed E-state index contributed by atoms with van der Waals surface area (Å²) in [4.78, 5) is 19.0. The lowest BCUT2D eigenvalue weighted by Crippen LogP contribution is -2.24. The van der Waals surface area contributed by atoms with Crippen LogP contribution in [0.15, 0.2) is 30.9 Å². The van der Waals surface area contributed by atoms with Crippen molar-refractivity contribution in [1.29, 1.82) is 0 Å². The summed E-state index contributed by atoms with van der Waals surface area (Å²) in [6, 6.07) is 1.89. The molecule has 2 rings (SSSR count). The third-order valence-corrected chi connectivity index (χ3v) is 2.68. The van der Waals surface area contributed by atoms with Crippen LogP contribution in [0.2, 0.25) is 0 Å². The Hall–Kier alpha value is -2.04. The van der Waals surface area contributed by atoms with E-state index in [-0.39, 0.29) is 6.04 Å². The molecule has 5 nitrogen and oxygen atoms in total. The van der Waals surface area contributed by atoms with E-state index in [1.54, 1.807) is 30.9 Å². The van der Waals surface area contributed by atoms with Crippen molar-refractivity contribution in [2.24, 2.45) is 0 Å². The molecule has 0 aromatic carbocycles. The second kappa shape index (κ2) is 4.86. The molecule has 0 aliphatic carbocycles. The molecule has 2 aromatic heterocycles. The van der Waals surface area contributed by atoms with Crippen LogP contribution in [0, 0.1) is 6.92 Å². The Bertz CT molecular complexity index is 468. The molecule has 17 heavy (non-hydrogen) atoms. The number of aromatic nitrogens is 4. The molecule has 2 aromatic rings. The van der Waals surface area contributed by atoms with Gasteiger partial charge in [-0.25, -0.2) is 9.97 Å². The molecule has 0 aliphatic rings. The van der Waals surface area contributed by atoms with E-state index in [2.05, 4.69) is 26.9 Å². The fourth-order valence-corrected chi connectivity index (χ4v) is 1.46. The van der Waals surface area contributed by atoms with Gasteiger partial charge in [0.05, 0.1) is 23.6 Å². The topological polar surface area (TPSA) is 54.8 Å². The normalized spacial score (nSPS) is 12.2. The lowest BCUT2D eigenvalue weighted by Gasteiger charge is -2.23. The van der Waals surface area contributed by atoms with Crippen LogP contribution in [0.1, 0.15) is 24.4 Å². The third kappa shape index (κ3) is 2.55. The zero-order valence-corrected chi connectivity index (χ0v) is 10.2. The van der Waals surface area contributed by atoms with Crippen molar-refractivity contribution in [3.05, 3.63) is 42.2 Å². The molecule has 0 N–H and O–H groups in total. The van der Waals surface area contributed by atoms with Crippen LogP contribution in [-0.4, -0.2) is 27.0 Å². The molecule has 0 aliphatic heterocycles. The van der Waals surface area contributed by atoms with Crippen LogP contribution in [-0.2, 0) is 0 Å². The molecular formula is C12H15N5. The van der Waals surface area contributed by atoms with Gasteiger partial charge >= 0.3 is 0 Å². The Morgan fingerprint density at radius 2 is 1.76 bits per heavy atom. The number of nitrogens with zero attached hydrogens (tertiary/aromatic N) is 5. The number of rotatable bonds is 3. The van der Waals surface area contributed by atoms with Crippen LogP contribution < -0.4 is 4.90 Å². The lowest BCUT2D eigenvalue weighted by atomic mass is 10.2. The molecular weight excluding hydrogens is 214 g/mol. The zero-order valence-electron chi connectivity index (χ0n) is 10.2. The smallest absolute Gasteiger partial charge is 0.225 e. The van der Waals surface area contributed by atoms with Gasteiger partial charge in [-0.15, -0.1) is 0 Å². The Kier molecular flexibility index (Phi) is 3.27. The van der Waals surface area contributed by atoms with Gasteiger partial charge < -0.3 is 4.90 Å². The number of hydrogen-bond acceptors (Lipinski definition) is 5. The Balaban J connectivity index is 2.20. The molecule has 0 fully saturated rings. The van der Waals surface area contributed by atoms with Gasteiger partial charge in [-0.05, 0) is 19.9 Å². The van der Waals surface area contributed by atoms with E-state index in [1.807, 2.05) is 18.9 Å². The van der Waals surface area contributed by atoms with Crippen LogP contribution in [0.3, 0.4) is 0 Å². The summed E-state index contributed by atoms with van der Waals surface area (Å²) in [6.45, 7) is 3.97. The minimum Gasteiger partial charge on any atom is -0.335 e. The van der Waals surface area contributed by atoms with Gasteiger partial charge in [0.1, 0.15) is 0 Å². The quantitative estimate of drug-likeness (QED) is 0.803. The second-order valence-electron chi connectivity index (χ2n) is 3.92. The molecule has 1 atom stereocenters. The average Bonchev–Trinajstić information content (AvgIpc) is 2.39. The maximum absolute atomic E-state index is 4.37. The molecule has 1 unspecified atom stereocenters. The Morgan fingerprint density at radius 3 is 2.35 bits per heavy atom. The van der Waals surface area contributed by atoms with E-state index < -0.39 is 0 Å². The van der Waals surface area contributed by atoms with Crippen molar-refractivity contribution < 1.29 is 0 Å². The largest absolute Gasteiger partial charge is 0.335 e. The van der Waals surface area contributed by atoms with Crippen LogP contribution in [0.25, 0.3) is 0 Å².